The van der Waals surface area contributed by atoms with E-state index in [9.17, 15) is 13.2 Å². The number of rotatable bonds is 6. The summed E-state index contributed by atoms with van der Waals surface area (Å²) in [5.41, 5.74) is 5.17. The summed E-state index contributed by atoms with van der Waals surface area (Å²) in [6.45, 7) is 4.70. The summed E-state index contributed by atoms with van der Waals surface area (Å²) >= 11 is 0. The Bertz CT molecular complexity index is 379. The summed E-state index contributed by atoms with van der Waals surface area (Å²) in [7, 11) is -3.98. The van der Waals surface area contributed by atoms with Gasteiger partial charge in [-0.15, -0.1) is 0 Å². The van der Waals surface area contributed by atoms with Gasteiger partial charge >= 0.3 is 16.3 Å². The van der Waals surface area contributed by atoms with Crippen LogP contribution in [0.15, 0.2) is 0 Å². The molecule has 0 aromatic carbocycles. The predicted molar refractivity (Wildman–Crippen MR) is 62.8 cm³/mol. The highest BCUT2D eigenvalue weighted by atomic mass is 32.2. The van der Waals surface area contributed by atoms with Gasteiger partial charge in [-0.25, -0.2) is 9.52 Å². The maximum Gasteiger partial charge on any atom is 0.422 e. The lowest BCUT2D eigenvalue weighted by atomic mass is 10.2. The Morgan fingerprint density at radius 1 is 1.41 bits per heavy atom. The molecule has 0 heterocycles. The van der Waals surface area contributed by atoms with Gasteiger partial charge in [0.2, 0.25) is 0 Å². The molecule has 0 saturated carbocycles. The van der Waals surface area contributed by atoms with Gasteiger partial charge in [0.05, 0.1) is 11.9 Å². The largest absolute Gasteiger partial charge is 0.446 e. The van der Waals surface area contributed by atoms with Crippen molar-refractivity contribution in [1.29, 1.82) is 5.41 Å². The Morgan fingerprint density at radius 2 is 1.94 bits per heavy atom. The number of carbonyl (C=O) groups excluding carboxylic acids is 1. The zero-order valence-electron chi connectivity index (χ0n) is 9.98. The first-order valence-electron chi connectivity index (χ1n) is 4.96. The van der Waals surface area contributed by atoms with Crippen LogP contribution in [-0.2, 0) is 14.9 Å². The van der Waals surface area contributed by atoms with E-state index in [-0.39, 0.29) is 12.4 Å². The van der Waals surface area contributed by atoms with Gasteiger partial charge in [0, 0.05) is 12.5 Å². The lowest BCUT2D eigenvalue weighted by molar-refractivity contribution is 0.121. The number of nitrogens with one attached hydrogen (secondary N) is 3. The number of hydrogen-bond acceptors (Lipinski definition) is 5. The Hall–Kier alpha value is -1.35. The van der Waals surface area contributed by atoms with Crippen molar-refractivity contribution in [2.45, 2.75) is 26.9 Å². The monoisotopic (exact) mass is 266 g/mol. The minimum atomic E-state index is -3.98. The fraction of sp³-hybridized carbons (Fsp3) is 0.750. The summed E-state index contributed by atoms with van der Waals surface area (Å²) < 4.78 is 31.0. The molecule has 1 atom stereocenters. The summed E-state index contributed by atoms with van der Waals surface area (Å²) in [5, 5.41) is 7.07. The van der Waals surface area contributed by atoms with Crippen molar-refractivity contribution >= 4 is 22.1 Å². The molecule has 100 valence electrons. The van der Waals surface area contributed by atoms with Gasteiger partial charge in [0.1, 0.15) is 0 Å². The first-order chi connectivity index (χ1) is 7.64. The molecule has 9 heteroatoms. The molecule has 0 saturated heterocycles. The number of carbonyl (C=O) groups is 1. The maximum absolute atomic E-state index is 11.3. The second kappa shape index (κ2) is 6.40. The topological polar surface area (TPSA) is 134 Å². The molecule has 0 rings (SSSR count). The van der Waals surface area contributed by atoms with Crippen molar-refractivity contribution in [1.82, 2.24) is 9.44 Å². The molecule has 0 aromatic rings. The minimum Gasteiger partial charge on any atom is -0.446 e. The number of ether oxygens (including phenoxy) is 1. The third-order valence-electron chi connectivity index (χ3n) is 1.67. The lowest BCUT2D eigenvalue weighted by Gasteiger charge is -2.13. The Balaban J connectivity index is 4.22. The third-order valence-corrected chi connectivity index (χ3v) is 2.65. The third kappa shape index (κ3) is 7.53. The summed E-state index contributed by atoms with van der Waals surface area (Å²) in [6, 6.07) is 0. The molecule has 17 heavy (non-hydrogen) atoms. The maximum atomic E-state index is 11.3. The predicted octanol–water partition coefficient (Wildman–Crippen LogP) is -0.473. The van der Waals surface area contributed by atoms with Crippen LogP contribution in [0, 0.1) is 11.3 Å². The van der Waals surface area contributed by atoms with Crippen molar-refractivity contribution in [3.05, 3.63) is 0 Å². The molecule has 0 fully saturated rings. The molecule has 0 aliphatic rings. The quantitative estimate of drug-likeness (QED) is 0.381. The Morgan fingerprint density at radius 3 is 2.35 bits per heavy atom. The van der Waals surface area contributed by atoms with E-state index in [4.69, 9.17) is 11.1 Å². The molecule has 8 nitrogen and oxygen atoms in total. The Labute approximate surface area is 101 Å². The fourth-order valence-corrected chi connectivity index (χ4v) is 1.54. The smallest absolute Gasteiger partial charge is 0.422 e. The van der Waals surface area contributed by atoms with Crippen LogP contribution in [-0.4, -0.2) is 33.0 Å². The van der Waals surface area contributed by atoms with Crippen LogP contribution in [0.5, 0.6) is 0 Å². The highest BCUT2D eigenvalue weighted by Gasteiger charge is 2.17. The van der Waals surface area contributed by atoms with Crippen LogP contribution in [0.1, 0.15) is 20.8 Å². The standard InChI is InChI=1S/C8H18N4O4S/c1-5(2)16-8(13)12-17(14,15)11-4-6(3)7(9)10/h5-6,11H,4H2,1-3H3,(H3,9,10)(H,12,13). The first-order valence-corrected chi connectivity index (χ1v) is 6.44. The van der Waals surface area contributed by atoms with Gasteiger partial charge in [-0.2, -0.15) is 13.1 Å². The second-order valence-corrected chi connectivity index (χ2v) is 5.26. The van der Waals surface area contributed by atoms with E-state index < -0.39 is 28.3 Å². The molecule has 1 unspecified atom stereocenters. The number of amidine groups is 1. The normalized spacial score (nSPS) is 13.2. The van der Waals surface area contributed by atoms with E-state index in [1.165, 1.54) is 0 Å². The van der Waals surface area contributed by atoms with Crippen LogP contribution in [0.3, 0.4) is 0 Å². The molecule has 0 bridgehead atoms. The van der Waals surface area contributed by atoms with E-state index in [2.05, 4.69) is 9.46 Å². The average molecular weight is 266 g/mol. The van der Waals surface area contributed by atoms with E-state index in [0.29, 0.717) is 0 Å². The molecule has 0 aliphatic heterocycles. The Kier molecular flexibility index (Phi) is 5.89. The summed E-state index contributed by atoms with van der Waals surface area (Å²) in [5.74, 6) is -0.592. The van der Waals surface area contributed by atoms with Crippen LogP contribution < -0.4 is 15.2 Å². The molecule has 5 N–H and O–H groups in total. The number of amides is 1. The van der Waals surface area contributed by atoms with Gasteiger partial charge in [0.15, 0.2) is 0 Å². The van der Waals surface area contributed by atoms with Crippen molar-refractivity contribution in [2.75, 3.05) is 6.54 Å². The van der Waals surface area contributed by atoms with Crippen LogP contribution in [0.25, 0.3) is 0 Å². The molecule has 1 amide bonds. The van der Waals surface area contributed by atoms with Gasteiger partial charge in [0.25, 0.3) is 0 Å². The highest BCUT2D eigenvalue weighted by Crippen LogP contribution is 1.93. The van der Waals surface area contributed by atoms with Crippen molar-refractivity contribution in [3.63, 3.8) is 0 Å². The molecular weight excluding hydrogens is 248 g/mol. The lowest BCUT2D eigenvalue weighted by Crippen LogP contribution is -2.44. The first kappa shape index (κ1) is 15.7. The van der Waals surface area contributed by atoms with Crippen molar-refractivity contribution < 1.29 is 17.9 Å². The summed E-state index contributed by atoms with van der Waals surface area (Å²) in [4.78, 5) is 11.0. The zero-order valence-corrected chi connectivity index (χ0v) is 10.8. The van der Waals surface area contributed by atoms with Crippen LogP contribution in [0.2, 0.25) is 0 Å². The molecule has 0 radical (unpaired) electrons. The van der Waals surface area contributed by atoms with Crippen molar-refractivity contribution in [3.8, 4) is 0 Å². The van der Waals surface area contributed by atoms with Crippen molar-refractivity contribution in [2.24, 2.45) is 11.7 Å². The molecular formula is C8H18N4O4S. The SMILES string of the molecule is CC(C)OC(=O)NS(=O)(=O)NCC(C)C(=N)N. The number of hydrogen-bond donors (Lipinski definition) is 4. The van der Waals surface area contributed by atoms with Gasteiger partial charge in [-0.1, -0.05) is 6.92 Å². The average Bonchev–Trinajstić information content (AvgIpc) is 2.11. The second-order valence-electron chi connectivity index (χ2n) is 3.76. The van der Waals surface area contributed by atoms with Crippen LogP contribution >= 0.6 is 0 Å². The van der Waals surface area contributed by atoms with E-state index in [0.717, 1.165) is 0 Å². The number of nitrogens with two attached hydrogens (primary N) is 1. The molecule has 0 spiro atoms. The van der Waals surface area contributed by atoms with Gasteiger partial charge in [-0.05, 0) is 13.8 Å². The van der Waals surface area contributed by atoms with E-state index in [1.54, 1.807) is 25.5 Å². The van der Waals surface area contributed by atoms with E-state index >= 15 is 0 Å². The highest BCUT2D eigenvalue weighted by molar-refractivity contribution is 7.88. The molecule has 0 aromatic heterocycles. The van der Waals surface area contributed by atoms with E-state index in [1.807, 2.05) is 0 Å². The van der Waals surface area contributed by atoms with Gasteiger partial charge in [-0.3, -0.25) is 5.41 Å². The van der Waals surface area contributed by atoms with Gasteiger partial charge < -0.3 is 10.5 Å². The fourth-order valence-electron chi connectivity index (χ4n) is 0.729. The minimum absolute atomic E-state index is 0.0698. The zero-order chi connectivity index (χ0) is 13.6. The van der Waals surface area contributed by atoms with Crippen LogP contribution in [0.4, 0.5) is 4.79 Å². The summed E-state index contributed by atoms with van der Waals surface area (Å²) in [6.07, 6.45) is -1.47. The molecule has 0 aliphatic carbocycles.